The Labute approximate surface area is 267 Å². The molecule has 0 N–H and O–H groups in total. The van der Waals surface area contributed by atoms with Crippen LogP contribution in [0, 0.1) is 0 Å². The molecular weight excluding hydrogens is 636 g/mol. The van der Waals surface area contributed by atoms with Gasteiger partial charge in [0.25, 0.3) is 0 Å². The molecule has 8 heterocycles. The first-order valence-corrected chi connectivity index (χ1v) is 16.4. The van der Waals surface area contributed by atoms with Gasteiger partial charge >= 0.3 is 22.5 Å². The maximum absolute atomic E-state index is 13.4. The predicted octanol–water partition coefficient (Wildman–Crippen LogP) is 1.13. The largest absolute Gasteiger partial charge is 0.442 e. The zero-order valence-corrected chi connectivity index (χ0v) is 26.1. The summed E-state index contributed by atoms with van der Waals surface area (Å²) < 4.78 is 52.2. The number of hydrogen-bond donors (Lipinski definition) is 0. The number of fused-ring (bicyclic) bond motifs is 4. The Balaban J connectivity index is 0.926. The summed E-state index contributed by atoms with van der Waals surface area (Å²) in [7, 11) is -1.10. The van der Waals surface area contributed by atoms with E-state index in [9.17, 15) is 18.0 Å². The summed E-state index contributed by atoms with van der Waals surface area (Å²) >= 11 is 0. The summed E-state index contributed by atoms with van der Waals surface area (Å²) in [6, 6.07) is 3.71. The Hall–Kier alpha value is -5.01. The molecule has 4 saturated heterocycles. The van der Waals surface area contributed by atoms with Gasteiger partial charge in [0.05, 0.1) is 23.2 Å². The number of rotatable bonds is 8. The van der Waals surface area contributed by atoms with Gasteiger partial charge in [-0.3, -0.25) is 0 Å². The third-order valence-corrected chi connectivity index (χ3v) is 9.58. The SMILES string of the molecule is C[n+]1ccc(-c2nnc([C@@H]3CC[C@@H]4CN3C(=O)N4OS(=O)(=O)ON3C(=O)N4C[C@H]3CC[C@H]4c3nnc(-c4cc[n+](C)cc4)o3)o2)cc1. The average Bonchev–Trinajstić information content (AvgIpc) is 3.85. The number of hydroxylamine groups is 4. The molecule has 8 rings (SSSR count). The van der Waals surface area contributed by atoms with Gasteiger partial charge in [0.1, 0.15) is 26.2 Å². The van der Waals surface area contributed by atoms with Crippen molar-refractivity contribution in [2.45, 2.75) is 49.9 Å². The van der Waals surface area contributed by atoms with Gasteiger partial charge in [-0.25, -0.2) is 18.7 Å². The van der Waals surface area contributed by atoms with E-state index in [0.29, 0.717) is 37.5 Å². The van der Waals surface area contributed by atoms with E-state index in [1.54, 1.807) is 0 Å². The summed E-state index contributed by atoms with van der Waals surface area (Å²) in [4.78, 5) is 29.6. The third kappa shape index (κ3) is 5.25. The standard InChI is InChI=1S/C28H30N10O8S/c1-33-11-7-17(8-12-33)23-29-31-25(43-23)21-5-3-19-15-35(21)27(39)37(19)45-47(41,42)46-38-20-4-6-22(36(16-20)28(38)40)26-32-30-24(44-26)18-9-13-34(2)14-10-18/h7-14,19-22H,3-6,15-16H2,1-2H3/q+2/t19-,20-,21+,22+/m1/s1. The Morgan fingerprint density at radius 1 is 0.681 bits per heavy atom. The van der Waals surface area contributed by atoms with Crippen LogP contribution < -0.4 is 9.13 Å². The molecular formula is C28H30N10O8S+2. The maximum Gasteiger partial charge on any atom is 0.442 e. The Morgan fingerprint density at radius 2 is 1.09 bits per heavy atom. The number of amides is 4. The molecule has 19 heteroatoms. The van der Waals surface area contributed by atoms with Crippen LogP contribution in [-0.4, -0.2) is 86.0 Å². The van der Waals surface area contributed by atoms with Gasteiger partial charge in [0.2, 0.25) is 23.6 Å². The maximum atomic E-state index is 13.4. The highest BCUT2D eigenvalue weighted by Gasteiger charge is 2.52. The van der Waals surface area contributed by atoms with Crippen molar-refractivity contribution in [3.05, 3.63) is 60.8 Å². The highest BCUT2D eigenvalue weighted by molar-refractivity contribution is 7.81. The fourth-order valence-electron chi connectivity index (χ4n) is 6.44. The van der Waals surface area contributed by atoms with Crippen molar-refractivity contribution in [2.75, 3.05) is 13.1 Å². The van der Waals surface area contributed by atoms with Crippen LogP contribution in [0.5, 0.6) is 0 Å². The molecule has 47 heavy (non-hydrogen) atoms. The molecule has 0 radical (unpaired) electrons. The minimum absolute atomic E-state index is 0.187. The molecule has 4 fully saturated rings. The molecule has 4 aromatic rings. The van der Waals surface area contributed by atoms with Crippen molar-refractivity contribution < 1.29 is 44.5 Å². The lowest BCUT2D eigenvalue weighted by Crippen LogP contribution is -2.41. The monoisotopic (exact) mass is 666 g/mol. The third-order valence-electron chi connectivity index (χ3n) is 8.89. The molecule has 0 saturated carbocycles. The van der Waals surface area contributed by atoms with E-state index in [1.165, 1.54) is 9.80 Å². The molecule has 0 aliphatic carbocycles. The molecule has 4 amide bonds. The highest BCUT2D eigenvalue weighted by atomic mass is 32.3. The summed E-state index contributed by atoms with van der Waals surface area (Å²) in [5, 5.41) is 18.1. The Morgan fingerprint density at radius 3 is 1.49 bits per heavy atom. The van der Waals surface area contributed by atoms with Crippen LogP contribution in [0.2, 0.25) is 0 Å². The molecule has 18 nitrogen and oxygen atoms in total. The lowest BCUT2D eigenvalue weighted by Gasteiger charge is -2.27. The topological polar surface area (TPSA) is 185 Å². The van der Waals surface area contributed by atoms with Crippen molar-refractivity contribution in [3.63, 3.8) is 0 Å². The second-order valence-corrected chi connectivity index (χ2v) is 13.1. The number of carbonyl (C=O) groups is 2. The van der Waals surface area contributed by atoms with Gasteiger partial charge in [0.15, 0.2) is 24.8 Å². The van der Waals surface area contributed by atoms with E-state index in [4.69, 9.17) is 17.4 Å². The number of urea groups is 2. The van der Waals surface area contributed by atoms with Crippen molar-refractivity contribution in [2.24, 2.45) is 14.1 Å². The summed E-state index contributed by atoms with van der Waals surface area (Å²) in [5.74, 6) is 1.10. The van der Waals surface area contributed by atoms with Crippen molar-refractivity contribution >= 4 is 22.5 Å². The van der Waals surface area contributed by atoms with E-state index < -0.39 is 46.6 Å². The number of carbonyl (C=O) groups excluding carboxylic acids is 2. The molecule has 0 aromatic carbocycles. The van der Waals surface area contributed by atoms with E-state index in [0.717, 1.165) is 21.3 Å². The molecule has 4 aromatic heterocycles. The van der Waals surface area contributed by atoms with Crippen LogP contribution in [0.25, 0.3) is 22.9 Å². The molecule has 4 aliphatic rings. The minimum atomic E-state index is -4.88. The number of pyridine rings is 2. The van der Waals surface area contributed by atoms with Gasteiger partial charge in [-0.1, -0.05) is 0 Å². The number of aromatic nitrogens is 6. The number of nitrogens with zero attached hydrogens (tertiary/aromatic N) is 10. The highest BCUT2D eigenvalue weighted by Crippen LogP contribution is 2.41. The van der Waals surface area contributed by atoms with Crippen molar-refractivity contribution in [3.8, 4) is 22.9 Å². The first-order chi connectivity index (χ1) is 22.6. The lowest BCUT2D eigenvalue weighted by molar-refractivity contribution is -0.671. The van der Waals surface area contributed by atoms with Crippen molar-refractivity contribution in [1.29, 1.82) is 0 Å². The molecule has 0 unspecified atom stereocenters. The zero-order chi connectivity index (χ0) is 32.4. The number of hydrogen-bond acceptors (Lipinski definition) is 12. The van der Waals surface area contributed by atoms with Crippen LogP contribution >= 0.6 is 0 Å². The Bertz CT molecular complexity index is 1820. The molecule has 4 aliphatic heterocycles. The van der Waals surface area contributed by atoms with E-state index in [2.05, 4.69) is 20.4 Å². The fourth-order valence-corrected chi connectivity index (χ4v) is 7.23. The summed E-state index contributed by atoms with van der Waals surface area (Å²) in [6.45, 7) is 0.373. The summed E-state index contributed by atoms with van der Waals surface area (Å²) in [5.41, 5.74) is 1.45. The van der Waals surface area contributed by atoms with Crippen LogP contribution in [0.4, 0.5) is 9.59 Å². The molecule has 4 atom stereocenters. The second-order valence-electron chi connectivity index (χ2n) is 12.0. The van der Waals surface area contributed by atoms with Gasteiger partial charge < -0.3 is 18.6 Å². The van der Waals surface area contributed by atoms with Crippen molar-refractivity contribution in [1.82, 2.24) is 40.3 Å². The number of piperidine rings is 2. The van der Waals surface area contributed by atoms with Crippen LogP contribution in [0.15, 0.2) is 57.9 Å². The molecule has 4 bridgehead atoms. The van der Waals surface area contributed by atoms with E-state index in [1.807, 2.05) is 72.3 Å². The second kappa shape index (κ2) is 11.1. The lowest BCUT2D eigenvalue weighted by atomic mass is 10.0. The number of aryl methyl sites for hydroxylation is 2. The van der Waals surface area contributed by atoms with E-state index >= 15 is 0 Å². The fraction of sp³-hybridized carbons (Fsp3) is 0.429. The van der Waals surface area contributed by atoms with Crippen LogP contribution in [-0.2, 0) is 33.1 Å². The first-order valence-electron chi connectivity index (χ1n) is 15.1. The minimum Gasteiger partial charge on any atom is -0.418 e. The smallest absolute Gasteiger partial charge is 0.418 e. The van der Waals surface area contributed by atoms with Gasteiger partial charge in [-0.05, 0) is 25.7 Å². The van der Waals surface area contributed by atoms with Crippen LogP contribution in [0.1, 0.15) is 49.5 Å². The van der Waals surface area contributed by atoms with E-state index in [-0.39, 0.29) is 24.9 Å². The Kier molecular flexibility index (Phi) is 6.92. The van der Waals surface area contributed by atoms with Gasteiger partial charge in [0, 0.05) is 37.4 Å². The normalized spacial score (nSPS) is 24.1. The molecule has 244 valence electrons. The molecule has 0 spiro atoms. The predicted molar refractivity (Wildman–Crippen MR) is 152 cm³/mol. The zero-order valence-electron chi connectivity index (χ0n) is 25.3. The van der Waals surface area contributed by atoms with Gasteiger partial charge in [-0.2, -0.15) is 18.5 Å². The quantitative estimate of drug-likeness (QED) is 0.245. The van der Waals surface area contributed by atoms with Gasteiger partial charge in [-0.15, -0.1) is 29.0 Å². The first kappa shape index (κ1) is 29.4. The average molecular weight is 667 g/mol. The van der Waals surface area contributed by atoms with Crippen LogP contribution in [0.3, 0.4) is 0 Å². The summed E-state index contributed by atoms with van der Waals surface area (Å²) in [6.07, 6.45) is 9.11.